The number of carboxylic acid groups (broad SMARTS) is 3. The van der Waals surface area contributed by atoms with Gasteiger partial charge in [-0.05, 0) is 0 Å². The molecule has 3 N–H and O–H groups in total. The number of ether oxygens (including phenoxy) is 1. The van der Waals surface area contributed by atoms with Crippen LogP contribution in [0.15, 0.2) is 0 Å². The normalized spacial score (nSPS) is 10.0. The van der Waals surface area contributed by atoms with Crippen LogP contribution in [0.3, 0.4) is 0 Å². The molecule has 0 unspecified atom stereocenters. The van der Waals surface area contributed by atoms with Crippen LogP contribution in [0, 0.1) is 0 Å². The van der Waals surface area contributed by atoms with Crippen molar-refractivity contribution < 1.29 is 39.2 Å². The lowest BCUT2D eigenvalue weighted by molar-refractivity contribution is 0.0571. The van der Waals surface area contributed by atoms with Gasteiger partial charge in [0.1, 0.15) is 22.5 Å². The molecule has 9 heteroatoms. The first-order chi connectivity index (χ1) is 8.73. The van der Waals surface area contributed by atoms with E-state index in [-0.39, 0.29) is 0 Å². The van der Waals surface area contributed by atoms with Crippen molar-refractivity contribution in [3.63, 3.8) is 0 Å². The monoisotopic (exact) mass is 271 g/mol. The minimum atomic E-state index is -1.76. The molecular weight excluding hydrogens is 262 g/mol. The summed E-state index contributed by atoms with van der Waals surface area (Å²) in [5.41, 5.74) is -3.35. The van der Waals surface area contributed by atoms with Crippen LogP contribution < -0.4 is 0 Å². The predicted octanol–water partition coefficient (Wildman–Crippen LogP) is -0.0937. The molecule has 1 aromatic rings. The van der Waals surface area contributed by atoms with Crippen LogP contribution in [0.1, 0.15) is 41.7 Å². The molecule has 0 fully saturated rings. The number of rotatable bonds is 4. The first-order valence-electron chi connectivity index (χ1n) is 4.74. The van der Waals surface area contributed by atoms with E-state index in [1.165, 1.54) is 0 Å². The number of methoxy groups -OCH3 is 1. The van der Waals surface area contributed by atoms with Gasteiger partial charge in [-0.3, -0.25) is 0 Å². The minimum absolute atomic E-state index is 0.648. The highest BCUT2D eigenvalue weighted by Crippen LogP contribution is 2.23. The number of carbonyl (C=O) groups excluding carboxylic acids is 1. The Morgan fingerprint density at radius 2 is 1.32 bits per heavy atom. The van der Waals surface area contributed by atoms with Crippen molar-refractivity contribution >= 4 is 23.9 Å². The molecule has 0 saturated carbocycles. The fourth-order valence-corrected chi connectivity index (χ4v) is 1.69. The number of aromatic nitrogens is 1. The number of hydrogen-bond acceptors (Lipinski definition) is 5. The number of aromatic carboxylic acids is 3. The maximum atomic E-state index is 11.5. The highest BCUT2D eigenvalue weighted by molar-refractivity contribution is 6.14. The average molecular weight is 271 g/mol. The predicted molar refractivity (Wildman–Crippen MR) is 57.6 cm³/mol. The Hall–Kier alpha value is -2.84. The maximum Gasteiger partial charge on any atom is 0.355 e. The van der Waals surface area contributed by atoms with Gasteiger partial charge in [-0.2, -0.15) is 0 Å². The molecule has 0 aliphatic heterocycles. The van der Waals surface area contributed by atoms with Crippen LogP contribution in [0.2, 0.25) is 0 Å². The van der Waals surface area contributed by atoms with Crippen molar-refractivity contribution in [3.8, 4) is 0 Å². The lowest BCUT2D eigenvalue weighted by Gasteiger charge is -2.03. The second-order valence-corrected chi connectivity index (χ2v) is 3.41. The molecule has 0 atom stereocenters. The van der Waals surface area contributed by atoms with Crippen LogP contribution in [-0.4, -0.2) is 50.9 Å². The van der Waals surface area contributed by atoms with E-state index >= 15 is 0 Å². The fourth-order valence-electron chi connectivity index (χ4n) is 1.69. The highest BCUT2D eigenvalue weighted by Gasteiger charge is 2.36. The summed E-state index contributed by atoms with van der Waals surface area (Å²) in [5.74, 6) is -6.31. The van der Waals surface area contributed by atoms with E-state index in [1.54, 1.807) is 0 Å². The Labute approximate surface area is 105 Å². The van der Waals surface area contributed by atoms with Crippen LogP contribution >= 0.6 is 0 Å². The molecule has 0 saturated heterocycles. The Balaban J connectivity index is 3.89. The summed E-state index contributed by atoms with van der Waals surface area (Å²) < 4.78 is 4.99. The van der Waals surface area contributed by atoms with Gasteiger partial charge in [0.25, 0.3) is 0 Å². The molecule has 1 heterocycles. The third-order valence-electron chi connectivity index (χ3n) is 2.40. The summed E-state index contributed by atoms with van der Waals surface area (Å²) >= 11 is 0. The molecule has 0 aromatic carbocycles. The topological polar surface area (TPSA) is 143 Å². The molecular formula is C10H9NO8. The van der Waals surface area contributed by atoms with E-state index in [0.29, 0.717) is 4.57 Å². The Kier molecular flexibility index (Phi) is 3.59. The highest BCUT2D eigenvalue weighted by atomic mass is 16.5. The molecule has 0 amide bonds. The molecule has 19 heavy (non-hydrogen) atoms. The summed E-state index contributed by atoms with van der Waals surface area (Å²) in [6, 6.07) is 0. The van der Waals surface area contributed by atoms with Gasteiger partial charge in [-0.1, -0.05) is 0 Å². The van der Waals surface area contributed by atoms with Crippen molar-refractivity contribution in [2.45, 2.75) is 0 Å². The SMILES string of the molecule is COC(=O)c1c(C(=O)O)c(C(=O)O)c(C(=O)O)n1C. The second-order valence-electron chi connectivity index (χ2n) is 3.41. The van der Waals surface area contributed by atoms with Crippen LogP contribution in [0.5, 0.6) is 0 Å². The summed E-state index contributed by atoms with van der Waals surface area (Å²) in [7, 11) is 2.02. The van der Waals surface area contributed by atoms with E-state index in [4.69, 9.17) is 15.3 Å². The van der Waals surface area contributed by atoms with Gasteiger partial charge < -0.3 is 24.6 Å². The molecule has 9 nitrogen and oxygen atoms in total. The molecule has 1 aromatic heterocycles. The quantitative estimate of drug-likeness (QED) is 0.644. The van der Waals surface area contributed by atoms with Gasteiger partial charge in [0, 0.05) is 7.05 Å². The molecule has 0 bridgehead atoms. The van der Waals surface area contributed by atoms with Crippen molar-refractivity contribution in [3.05, 3.63) is 22.5 Å². The van der Waals surface area contributed by atoms with E-state index in [1.807, 2.05) is 0 Å². The fraction of sp³-hybridized carbons (Fsp3) is 0.200. The zero-order chi connectivity index (χ0) is 14.9. The zero-order valence-corrected chi connectivity index (χ0v) is 9.83. The van der Waals surface area contributed by atoms with E-state index in [2.05, 4.69) is 4.74 Å². The van der Waals surface area contributed by atoms with Gasteiger partial charge in [-0.15, -0.1) is 0 Å². The number of carboxylic acids is 3. The lowest BCUT2D eigenvalue weighted by atomic mass is 10.1. The molecule has 1 rings (SSSR count). The Bertz CT molecular complexity index is 597. The molecule has 0 aliphatic rings. The van der Waals surface area contributed by atoms with Crippen LogP contribution in [0.4, 0.5) is 0 Å². The second kappa shape index (κ2) is 4.80. The summed E-state index contributed by atoms with van der Waals surface area (Å²) in [6.45, 7) is 0. The third-order valence-corrected chi connectivity index (χ3v) is 2.40. The summed E-state index contributed by atoms with van der Waals surface area (Å²) in [6.07, 6.45) is 0. The summed E-state index contributed by atoms with van der Waals surface area (Å²) in [5, 5.41) is 26.9. The largest absolute Gasteiger partial charge is 0.478 e. The first-order valence-corrected chi connectivity index (χ1v) is 4.74. The van der Waals surface area contributed by atoms with Crippen molar-refractivity contribution in [2.24, 2.45) is 7.05 Å². The number of carbonyl (C=O) groups is 4. The smallest absolute Gasteiger partial charge is 0.355 e. The van der Waals surface area contributed by atoms with Gasteiger partial charge in [0.15, 0.2) is 0 Å². The maximum absolute atomic E-state index is 11.5. The van der Waals surface area contributed by atoms with Crippen molar-refractivity contribution in [1.82, 2.24) is 4.57 Å². The van der Waals surface area contributed by atoms with Crippen molar-refractivity contribution in [1.29, 1.82) is 0 Å². The molecule has 0 aliphatic carbocycles. The van der Waals surface area contributed by atoms with Crippen LogP contribution in [0.25, 0.3) is 0 Å². The Morgan fingerprint density at radius 3 is 1.63 bits per heavy atom. The number of hydrogen-bond donors (Lipinski definition) is 3. The molecule has 0 radical (unpaired) electrons. The number of esters is 1. The Morgan fingerprint density at radius 1 is 0.895 bits per heavy atom. The van der Waals surface area contributed by atoms with Gasteiger partial charge in [0.05, 0.1) is 7.11 Å². The van der Waals surface area contributed by atoms with Gasteiger partial charge in [0.2, 0.25) is 0 Å². The van der Waals surface area contributed by atoms with E-state index in [0.717, 1.165) is 14.2 Å². The standard InChI is InChI=1S/C10H9NO8/c1-11-5(9(16)17)3(7(12)13)4(8(14)15)6(11)10(18)19-2/h1-2H3,(H,12,13)(H,14,15)(H,16,17). The zero-order valence-electron chi connectivity index (χ0n) is 9.83. The molecule has 0 spiro atoms. The van der Waals surface area contributed by atoms with E-state index < -0.39 is 46.4 Å². The molecule has 102 valence electrons. The average Bonchev–Trinajstić information content (AvgIpc) is 2.61. The van der Waals surface area contributed by atoms with Crippen molar-refractivity contribution in [2.75, 3.05) is 7.11 Å². The number of nitrogens with zero attached hydrogens (tertiary/aromatic N) is 1. The minimum Gasteiger partial charge on any atom is -0.478 e. The van der Waals surface area contributed by atoms with Crippen LogP contribution in [-0.2, 0) is 11.8 Å². The first kappa shape index (κ1) is 14.2. The van der Waals surface area contributed by atoms with Gasteiger partial charge >= 0.3 is 23.9 Å². The third kappa shape index (κ3) is 2.12. The lowest BCUT2D eigenvalue weighted by Crippen LogP contribution is -2.14. The van der Waals surface area contributed by atoms with E-state index in [9.17, 15) is 19.2 Å². The van der Waals surface area contributed by atoms with Gasteiger partial charge in [-0.25, -0.2) is 19.2 Å². The summed E-state index contributed by atoms with van der Waals surface area (Å²) in [4.78, 5) is 44.6.